The summed E-state index contributed by atoms with van der Waals surface area (Å²) in [5.74, 6) is 0.704. The van der Waals surface area contributed by atoms with Crippen molar-refractivity contribution in [3.63, 3.8) is 0 Å². The molecule has 4 nitrogen and oxygen atoms in total. The fourth-order valence-electron chi connectivity index (χ4n) is 5.73. The maximum Gasteiger partial charge on any atom is 0.192 e. The van der Waals surface area contributed by atoms with Gasteiger partial charge < -0.3 is 5.11 Å². The van der Waals surface area contributed by atoms with Gasteiger partial charge in [0.2, 0.25) is 0 Å². The summed E-state index contributed by atoms with van der Waals surface area (Å²) >= 11 is 0. The first-order chi connectivity index (χ1) is 11.3. The van der Waals surface area contributed by atoms with E-state index in [-0.39, 0.29) is 23.9 Å². The minimum Gasteiger partial charge on any atom is -0.365 e. The molecule has 0 aromatic carbocycles. The van der Waals surface area contributed by atoms with Crippen LogP contribution in [0.3, 0.4) is 0 Å². The van der Waals surface area contributed by atoms with Gasteiger partial charge in [0.15, 0.2) is 6.29 Å². The fraction of sp³-hybridized carbons (Fsp3) is 0.750. The summed E-state index contributed by atoms with van der Waals surface area (Å²) in [6.45, 7) is 11.4. The van der Waals surface area contributed by atoms with Crippen molar-refractivity contribution < 1.29 is 19.7 Å². The number of rotatable bonds is 2. The number of aliphatic hydroxyl groups is 1. The number of aldehydes is 1. The Morgan fingerprint density at radius 3 is 2.75 bits per heavy atom. The number of carbonyl (C=O) groups excluding carboxylic acids is 1. The average molecular weight is 334 g/mol. The van der Waals surface area contributed by atoms with Crippen molar-refractivity contribution in [2.45, 2.75) is 71.7 Å². The van der Waals surface area contributed by atoms with Gasteiger partial charge in [-0.1, -0.05) is 39.3 Å². The van der Waals surface area contributed by atoms with Crippen molar-refractivity contribution in [3.05, 3.63) is 23.8 Å². The third-order valence-corrected chi connectivity index (χ3v) is 6.73. The molecule has 134 valence electrons. The van der Waals surface area contributed by atoms with Gasteiger partial charge in [0.1, 0.15) is 12.4 Å². The van der Waals surface area contributed by atoms with E-state index >= 15 is 0 Å². The van der Waals surface area contributed by atoms with E-state index in [4.69, 9.17) is 9.78 Å². The molecule has 2 fully saturated rings. The minimum absolute atomic E-state index is 0.0743. The van der Waals surface area contributed by atoms with Crippen LogP contribution in [0.4, 0.5) is 0 Å². The zero-order valence-electron chi connectivity index (χ0n) is 15.1. The molecule has 0 radical (unpaired) electrons. The van der Waals surface area contributed by atoms with Crippen molar-refractivity contribution in [1.82, 2.24) is 0 Å². The Labute approximate surface area is 144 Å². The summed E-state index contributed by atoms with van der Waals surface area (Å²) in [5.41, 5.74) is 2.09. The van der Waals surface area contributed by atoms with Crippen LogP contribution >= 0.6 is 0 Å². The second-order valence-electron chi connectivity index (χ2n) is 8.75. The van der Waals surface area contributed by atoms with Gasteiger partial charge in [0, 0.05) is 12.3 Å². The Balaban J connectivity index is 1.97. The first kappa shape index (κ1) is 17.8. The lowest BCUT2D eigenvalue weighted by Crippen LogP contribution is -2.52. The largest absolute Gasteiger partial charge is 0.365 e. The molecule has 3 rings (SSSR count). The Morgan fingerprint density at radius 2 is 2.04 bits per heavy atom. The van der Waals surface area contributed by atoms with E-state index in [2.05, 4.69) is 27.4 Å². The van der Waals surface area contributed by atoms with Gasteiger partial charge in [0.05, 0.1) is 0 Å². The molecule has 0 bridgehead atoms. The highest BCUT2D eigenvalue weighted by molar-refractivity contribution is 5.73. The van der Waals surface area contributed by atoms with Crippen LogP contribution in [0.2, 0.25) is 0 Å². The van der Waals surface area contributed by atoms with Crippen LogP contribution in [0.15, 0.2) is 23.8 Å². The molecule has 0 spiro atoms. The molecule has 1 N–H and O–H groups in total. The highest BCUT2D eigenvalue weighted by atomic mass is 17.2. The third kappa shape index (κ3) is 3.00. The van der Waals surface area contributed by atoms with Gasteiger partial charge in [-0.3, -0.25) is 4.79 Å². The molecule has 0 saturated heterocycles. The van der Waals surface area contributed by atoms with Crippen molar-refractivity contribution in [1.29, 1.82) is 0 Å². The Hall–Kier alpha value is -0.970. The molecule has 3 aliphatic rings. The van der Waals surface area contributed by atoms with E-state index in [1.54, 1.807) is 0 Å². The van der Waals surface area contributed by atoms with E-state index in [1.807, 2.05) is 6.08 Å². The molecule has 2 aliphatic carbocycles. The molecule has 4 heteroatoms. The third-order valence-electron chi connectivity index (χ3n) is 6.73. The van der Waals surface area contributed by atoms with Crippen molar-refractivity contribution in [2.24, 2.45) is 22.7 Å². The van der Waals surface area contributed by atoms with Crippen molar-refractivity contribution in [3.8, 4) is 0 Å². The lowest BCUT2D eigenvalue weighted by atomic mass is 9.47. The summed E-state index contributed by atoms with van der Waals surface area (Å²) < 4.78 is 0. The summed E-state index contributed by atoms with van der Waals surface area (Å²) in [5, 5.41) is 9.78. The number of aliphatic hydroxyl groups excluding tert-OH is 1. The van der Waals surface area contributed by atoms with Crippen LogP contribution < -0.4 is 0 Å². The smallest absolute Gasteiger partial charge is 0.192 e. The summed E-state index contributed by atoms with van der Waals surface area (Å²) in [6, 6.07) is 0. The van der Waals surface area contributed by atoms with Crippen molar-refractivity contribution in [2.75, 3.05) is 0 Å². The topological polar surface area (TPSA) is 55.8 Å². The van der Waals surface area contributed by atoms with E-state index in [9.17, 15) is 9.90 Å². The molecule has 0 aromatic heterocycles. The number of hydrogen-bond acceptors (Lipinski definition) is 4. The van der Waals surface area contributed by atoms with Gasteiger partial charge in [0.25, 0.3) is 0 Å². The molecule has 2 saturated carbocycles. The molecule has 0 aromatic rings. The quantitative estimate of drug-likeness (QED) is 0.472. The minimum atomic E-state index is -1.09. The zero-order chi connectivity index (χ0) is 17.5. The van der Waals surface area contributed by atoms with Crippen LogP contribution in [-0.2, 0) is 14.6 Å². The van der Waals surface area contributed by atoms with Gasteiger partial charge in [-0.05, 0) is 54.1 Å². The number of carbonyl (C=O) groups is 1. The summed E-state index contributed by atoms with van der Waals surface area (Å²) in [6.07, 6.45) is 7.10. The van der Waals surface area contributed by atoms with E-state index in [0.717, 1.165) is 19.1 Å². The summed E-state index contributed by atoms with van der Waals surface area (Å²) in [4.78, 5) is 22.0. The van der Waals surface area contributed by atoms with E-state index in [1.165, 1.54) is 24.8 Å². The number of hydrogen-bond donors (Lipinski definition) is 1. The van der Waals surface area contributed by atoms with Gasteiger partial charge in [-0.15, -0.1) is 0 Å². The highest BCUT2D eigenvalue weighted by Crippen LogP contribution is 2.62. The standard InChI is InChI=1S/C20H30O4/c1-13-6-7-16-19(2,3)8-5-9-20(16,4)18(13)15-10-14(12-21)11-17(22)24-23-15/h10,12,15-18,22H,1,5-9,11H2,2-4H3/t15-,16-,17-,18+,20-/m0/s1. The molecule has 24 heavy (non-hydrogen) atoms. The molecule has 0 amide bonds. The first-order valence-electron chi connectivity index (χ1n) is 9.11. The van der Waals surface area contributed by atoms with Crippen molar-refractivity contribution >= 4 is 6.29 Å². The second-order valence-corrected chi connectivity index (χ2v) is 8.75. The van der Waals surface area contributed by atoms with Gasteiger partial charge in [-0.2, -0.15) is 0 Å². The fourth-order valence-corrected chi connectivity index (χ4v) is 5.73. The lowest BCUT2D eigenvalue weighted by Gasteiger charge is -2.58. The highest BCUT2D eigenvalue weighted by Gasteiger charge is 2.55. The van der Waals surface area contributed by atoms with Crippen LogP contribution in [0.5, 0.6) is 0 Å². The Kier molecular flexibility index (Phi) is 4.75. The molecular formula is C20H30O4. The van der Waals surface area contributed by atoms with Crippen LogP contribution in [0.1, 0.15) is 59.3 Å². The van der Waals surface area contributed by atoms with E-state index in [0.29, 0.717) is 16.9 Å². The number of fused-ring (bicyclic) bond motifs is 1. The zero-order valence-corrected chi connectivity index (χ0v) is 15.1. The normalized spacial score (nSPS) is 42.7. The Morgan fingerprint density at radius 1 is 1.29 bits per heavy atom. The van der Waals surface area contributed by atoms with Gasteiger partial charge >= 0.3 is 0 Å². The van der Waals surface area contributed by atoms with Gasteiger partial charge in [-0.25, -0.2) is 9.78 Å². The predicted octanol–water partition coefficient (Wildman–Crippen LogP) is 3.95. The molecular weight excluding hydrogens is 304 g/mol. The lowest BCUT2D eigenvalue weighted by molar-refractivity contribution is -0.389. The Bertz CT molecular complexity index is 550. The summed E-state index contributed by atoms with van der Waals surface area (Å²) in [7, 11) is 0. The molecule has 5 atom stereocenters. The van der Waals surface area contributed by atoms with E-state index < -0.39 is 6.29 Å². The maximum atomic E-state index is 11.3. The monoisotopic (exact) mass is 334 g/mol. The maximum absolute atomic E-state index is 11.3. The molecule has 0 unspecified atom stereocenters. The van der Waals surface area contributed by atoms with Crippen LogP contribution in [0, 0.1) is 22.7 Å². The predicted molar refractivity (Wildman–Crippen MR) is 91.8 cm³/mol. The average Bonchev–Trinajstić information content (AvgIpc) is 2.67. The SMILES string of the molecule is C=C1CC[C@H]2C(C)(C)CCC[C@]2(C)[C@H]1[C@@H]1C=C(C=O)C[C@@H](O)OO1. The second kappa shape index (κ2) is 6.40. The first-order valence-corrected chi connectivity index (χ1v) is 9.11. The van der Waals surface area contributed by atoms with Crippen LogP contribution in [0.25, 0.3) is 0 Å². The molecule has 1 aliphatic heterocycles. The van der Waals surface area contributed by atoms with Crippen LogP contribution in [-0.4, -0.2) is 23.8 Å². The molecule has 1 heterocycles.